The zero-order valence-electron chi connectivity index (χ0n) is 20.3. The van der Waals surface area contributed by atoms with E-state index in [4.69, 9.17) is 9.47 Å². The molecule has 0 bridgehead atoms. The second-order valence-corrected chi connectivity index (χ2v) is 9.91. The van der Waals surface area contributed by atoms with Gasteiger partial charge in [-0.2, -0.15) is 0 Å². The van der Waals surface area contributed by atoms with Gasteiger partial charge in [0.25, 0.3) is 5.88 Å². The van der Waals surface area contributed by atoms with E-state index in [1.807, 2.05) is 12.1 Å². The number of hydrogen-bond acceptors (Lipinski definition) is 8. The first-order valence-electron chi connectivity index (χ1n) is 12.8. The van der Waals surface area contributed by atoms with Gasteiger partial charge in [-0.1, -0.05) is 19.4 Å². The van der Waals surface area contributed by atoms with E-state index < -0.39 is 6.17 Å². The second kappa shape index (κ2) is 9.52. The molecule has 2 fully saturated rings. The fourth-order valence-electron chi connectivity index (χ4n) is 5.34. The SMILES string of the molecule is CC[C@@H]1CC[C@H](F)[C@H](N(c2cnc(-c3ccc(-c4cnc5c(c4)OCCO5)cc3O)nn2)C2CC2)C1. The van der Waals surface area contributed by atoms with Crippen molar-refractivity contribution in [2.45, 2.75) is 63.7 Å². The summed E-state index contributed by atoms with van der Waals surface area (Å²) in [5, 5.41) is 19.5. The Morgan fingerprint density at radius 1 is 1.00 bits per heavy atom. The number of aromatic nitrogens is 4. The molecular weight excluding hydrogens is 461 g/mol. The molecule has 6 rings (SSSR count). The molecule has 3 heterocycles. The molecule has 36 heavy (non-hydrogen) atoms. The number of fused-ring (bicyclic) bond motifs is 1. The average molecular weight is 492 g/mol. The van der Waals surface area contributed by atoms with E-state index in [0.717, 1.165) is 43.2 Å². The van der Waals surface area contributed by atoms with Gasteiger partial charge in [-0.05, 0) is 61.8 Å². The van der Waals surface area contributed by atoms with E-state index in [9.17, 15) is 9.50 Å². The van der Waals surface area contributed by atoms with Crippen LogP contribution in [0.3, 0.4) is 0 Å². The van der Waals surface area contributed by atoms with Crippen LogP contribution in [0.5, 0.6) is 17.4 Å². The van der Waals surface area contributed by atoms with Crippen LogP contribution < -0.4 is 14.4 Å². The van der Waals surface area contributed by atoms with Crippen molar-refractivity contribution in [3.8, 4) is 39.9 Å². The molecule has 0 spiro atoms. The summed E-state index contributed by atoms with van der Waals surface area (Å²) in [6.45, 7) is 3.14. The molecule has 9 heteroatoms. The summed E-state index contributed by atoms with van der Waals surface area (Å²) in [5.74, 6) is 2.59. The number of benzene rings is 1. The highest BCUT2D eigenvalue weighted by Gasteiger charge is 2.41. The Hall–Kier alpha value is -3.49. The van der Waals surface area contributed by atoms with Gasteiger partial charge in [0.2, 0.25) is 0 Å². The maximum absolute atomic E-state index is 15.0. The Labute approximate surface area is 209 Å². The average Bonchev–Trinajstić information content (AvgIpc) is 3.75. The third kappa shape index (κ3) is 4.42. The van der Waals surface area contributed by atoms with Crippen molar-refractivity contribution < 1.29 is 19.0 Å². The lowest BCUT2D eigenvalue weighted by Crippen LogP contribution is -2.47. The Balaban J connectivity index is 1.24. The first-order chi connectivity index (χ1) is 17.6. The Morgan fingerprint density at radius 2 is 1.86 bits per heavy atom. The van der Waals surface area contributed by atoms with Crippen LogP contribution in [0.4, 0.5) is 10.2 Å². The molecular formula is C27H30FN5O3. The van der Waals surface area contributed by atoms with Gasteiger partial charge in [0, 0.05) is 17.8 Å². The highest BCUT2D eigenvalue weighted by Crippen LogP contribution is 2.40. The molecule has 8 nitrogen and oxygen atoms in total. The number of phenols is 1. The van der Waals surface area contributed by atoms with Gasteiger partial charge in [0.1, 0.15) is 25.1 Å². The molecule has 1 aliphatic heterocycles. The van der Waals surface area contributed by atoms with Crippen LogP contribution in [-0.2, 0) is 0 Å². The van der Waals surface area contributed by atoms with Crippen LogP contribution in [0.15, 0.2) is 36.7 Å². The molecule has 3 aromatic rings. The number of anilines is 1. The van der Waals surface area contributed by atoms with Gasteiger partial charge in [-0.3, -0.25) is 0 Å². The summed E-state index contributed by atoms with van der Waals surface area (Å²) in [7, 11) is 0. The van der Waals surface area contributed by atoms with Crippen molar-refractivity contribution in [2.75, 3.05) is 18.1 Å². The number of hydrogen-bond donors (Lipinski definition) is 1. The summed E-state index contributed by atoms with van der Waals surface area (Å²) in [4.78, 5) is 10.9. The van der Waals surface area contributed by atoms with E-state index in [1.165, 1.54) is 0 Å². The normalized spacial score (nSPS) is 23.3. The molecule has 2 aliphatic carbocycles. The highest BCUT2D eigenvalue weighted by molar-refractivity contribution is 5.73. The predicted octanol–water partition coefficient (Wildman–Crippen LogP) is 4.96. The van der Waals surface area contributed by atoms with E-state index in [0.29, 0.717) is 60.4 Å². The van der Waals surface area contributed by atoms with Crippen LogP contribution in [0, 0.1) is 5.92 Å². The van der Waals surface area contributed by atoms with E-state index in [-0.39, 0.29) is 11.8 Å². The number of pyridine rings is 1. The van der Waals surface area contributed by atoms with Gasteiger partial charge in [-0.25, -0.2) is 14.4 Å². The lowest BCUT2D eigenvalue weighted by Gasteiger charge is -2.40. The standard InChI is InChI=1S/C27H30FN5O3/c1-2-16-3-8-21(28)22(11-16)33(19-5-6-19)25-15-29-26(32-31-25)20-7-4-17(12-23(20)34)18-13-24-27(30-14-18)36-10-9-35-24/h4,7,12-16,19,21-22,34H,2-3,5-6,8-11H2,1H3/t16-,21+,22-/m1/s1. The number of halogens is 1. The minimum absolute atomic E-state index is 0.0397. The lowest BCUT2D eigenvalue weighted by atomic mass is 9.82. The number of rotatable bonds is 6. The van der Waals surface area contributed by atoms with Crippen LogP contribution in [0.2, 0.25) is 0 Å². The van der Waals surface area contributed by atoms with Crippen molar-refractivity contribution in [1.82, 2.24) is 20.2 Å². The zero-order valence-corrected chi connectivity index (χ0v) is 20.3. The van der Waals surface area contributed by atoms with E-state index in [1.54, 1.807) is 24.5 Å². The summed E-state index contributed by atoms with van der Waals surface area (Å²) in [6.07, 6.45) is 8.05. The molecule has 3 aliphatic rings. The van der Waals surface area contributed by atoms with Crippen LogP contribution in [0.25, 0.3) is 22.5 Å². The van der Waals surface area contributed by atoms with Crippen LogP contribution in [0.1, 0.15) is 45.4 Å². The largest absolute Gasteiger partial charge is 0.507 e. The number of phenolic OH excluding ortho intramolecular Hbond substituents is 1. The minimum Gasteiger partial charge on any atom is -0.507 e. The summed E-state index contributed by atoms with van der Waals surface area (Å²) >= 11 is 0. The summed E-state index contributed by atoms with van der Waals surface area (Å²) in [5.41, 5.74) is 2.06. The first-order valence-corrected chi connectivity index (χ1v) is 12.8. The van der Waals surface area contributed by atoms with Gasteiger partial charge in [0.15, 0.2) is 17.4 Å². The van der Waals surface area contributed by atoms with Gasteiger partial charge < -0.3 is 19.5 Å². The van der Waals surface area contributed by atoms with Crippen molar-refractivity contribution in [2.24, 2.45) is 5.92 Å². The maximum Gasteiger partial charge on any atom is 0.257 e. The van der Waals surface area contributed by atoms with Crippen molar-refractivity contribution >= 4 is 5.82 Å². The molecule has 0 saturated heterocycles. The minimum atomic E-state index is -0.860. The molecule has 0 radical (unpaired) electrons. The van der Waals surface area contributed by atoms with E-state index >= 15 is 0 Å². The third-order valence-corrected chi connectivity index (χ3v) is 7.50. The number of nitrogens with zero attached hydrogens (tertiary/aromatic N) is 5. The summed E-state index contributed by atoms with van der Waals surface area (Å²) in [6, 6.07) is 7.26. The number of aromatic hydroxyl groups is 1. The maximum atomic E-state index is 15.0. The quantitative estimate of drug-likeness (QED) is 0.517. The van der Waals surface area contributed by atoms with Gasteiger partial charge in [-0.15, -0.1) is 10.2 Å². The monoisotopic (exact) mass is 491 g/mol. The molecule has 3 atom stereocenters. The predicted molar refractivity (Wildman–Crippen MR) is 133 cm³/mol. The lowest BCUT2D eigenvalue weighted by molar-refractivity contribution is 0.164. The van der Waals surface area contributed by atoms with Gasteiger partial charge in [0.05, 0.1) is 17.8 Å². The smallest absolute Gasteiger partial charge is 0.257 e. The fraction of sp³-hybridized carbons (Fsp3) is 0.481. The molecule has 1 N–H and O–H groups in total. The Bertz CT molecular complexity index is 1240. The molecule has 188 valence electrons. The Kier molecular flexibility index (Phi) is 6.07. The molecule has 2 saturated carbocycles. The number of alkyl halides is 1. The number of ether oxygens (including phenoxy) is 2. The van der Waals surface area contributed by atoms with Crippen molar-refractivity contribution in [1.29, 1.82) is 0 Å². The zero-order chi connectivity index (χ0) is 24.6. The molecule has 0 unspecified atom stereocenters. The summed E-state index contributed by atoms with van der Waals surface area (Å²) < 4.78 is 26.1. The van der Waals surface area contributed by atoms with Gasteiger partial charge >= 0.3 is 0 Å². The second-order valence-electron chi connectivity index (χ2n) is 9.91. The highest BCUT2D eigenvalue weighted by atomic mass is 19.1. The van der Waals surface area contributed by atoms with Crippen molar-refractivity contribution in [3.63, 3.8) is 0 Å². The molecule has 0 amide bonds. The van der Waals surface area contributed by atoms with Crippen molar-refractivity contribution in [3.05, 3.63) is 36.7 Å². The fourth-order valence-corrected chi connectivity index (χ4v) is 5.34. The molecule has 2 aromatic heterocycles. The topological polar surface area (TPSA) is 93.5 Å². The van der Waals surface area contributed by atoms with E-state index in [2.05, 4.69) is 32.0 Å². The first kappa shape index (κ1) is 22.9. The van der Waals surface area contributed by atoms with Crippen LogP contribution >= 0.6 is 0 Å². The molecule has 1 aromatic carbocycles. The van der Waals surface area contributed by atoms with Crippen LogP contribution in [-0.4, -0.2) is 56.7 Å². The Morgan fingerprint density at radius 3 is 2.61 bits per heavy atom. The third-order valence-electron chi connectivity index (χ3n) is 7.50.